The van der Waals surface area contributed by atoms with Crippen molar-refractivity contribution in [1.29, 1.82) is 0 Å². The Morgan fingerprint density at radius 3 is 2.37 bits per heavy atom. The Kier molecular flexibility index (Phi) is 5.93. The van der Waals surface area contributed by atoms with Crippen molar-refractivity contribution in [3.8, 4) is 5.75 Å². The summed E-state index contributed by atoms with van der Waals surface area (Å²) < 4.78 is 5.57. The largest absolute Gasteiger partial charge is 0.415 e. The van der Waals surface area contributed by atoms with E-state index in [1.54, 1.807) is 4.90 Å². The lowest BCUT2D eigenvalue weighted by Gasteiger charge is -2.34. The lowest BCUT2D eigenvalue weighted by molar-refractivity contribution is 0.149. The van der Waals surface area contributed by atoms with Gasteiger partial charge in [-0.3, -0.25) is 4.98 Å². The second-order valence-corrected chi connectivity index (χ2v) is 7.68. The van der Waals surface area contributed by atoms with E-state index in [2.05, 4.69) is 33.9 Å². The minimum atomic E-state index is -0.306. The van der Waals surface area contributed by atoms with Crippen LogP contribution in [0.3, 0.4) is 0 Å². The summed E-state index contributed by atoms with van der Waals surface area (Å²) in [6.45, 7) is 6.81. The first-order valence-electron chi connectivity index (χ1n) is 10.2. The highest BCUT2D eigenvalue weighted by Crippen LogP contribution is 2.18. The van der Waals surface area contributed by atoms with E-state index in [0.717, 1.165) is 42.1 Å². The monoisotopic (exact) mass is 402 g/mol. The van der Waals surface area contributed by atoms with Gasteiger partial charge >= 0.3 is 6.09 Å². The minimum absolute atomic E-state index is 0.306. The van der Waals surface area contributed by atoms with Crippen molar-refractivity contribution in [3.05, 3.63) is 83.3 Å². The molecule has 6 nitrogen and oxygen atoms in total. The lowest BCUT2D eigenvalue weighted by atomic mass is 10.1. The fourth-order valence-electron chi connectivity index (χ4n) is 3.51. The van der Waals surface area contributed by atoms with E-state index in [4.69, 9.17) is 4.74 Å². The number of amides is 1. The summed E-state index contributed by atoms with van der Waals surface area (Å²) in [7, 11) is 0. The van der Waals surface area contributed by atoms with E-state index >= 15 is 0 Å². The van der Waals surface area contributed by atoms with Gasteiger partial charge in [-0.05, 0) is 60.9 Å². The zero-order valence-corrected chi connectivity index (χ0v) is 17.4. The molecular formula is C24H26N4O2. The SMILES string of the molecule is Cc1ccc(N2CCN(C(=O)Oc3ccc(Cc4cc(C)ccn4)cc3)CC2)nc1. The van der Waals surface area contributed by atoms with Crippen LogP contribution in [0.4, 0.5) is 10.6 Å². The topological polar surface area (TPSA) is 58.6 Å². The van der Waals surface area contributed by atoms with Crippen LogP contribution in [0.1, 0.15) is 22.4 Å². The van der Waals surface area contributed by atoms with Gasteiger partial charge in [-0.2, -0.15) is 0 Å². The number of carbonyl (C=O) groups excluding carboxylic acids is 1. The Morgan fingerprint density at radius 1 is 0.933 bits per heavy atom. The molecule has 1 aromatic carbocycles. The highest BCUT2D eigenvalue weighted by molar-refractivity contribution is 5.71. The van der Waals surface area contributed by atoms with Gasteiger partial charge in [0.1, 0.15) is 11.6 Å². The van der Waals surface area contributed by atoms with E-state index in [1.165, 1.54) is 5.56 Å². The highest BCUT2D eigenvalue weighted by atomic mass is 16.6. The quantitative estimate of drug-likeness (QED) is 0.660. The molecule has 6 heteroatoms. The molecule has 1 aliphatic heterocycles. The molecule has 30 heavy (non-hydrogen) atoms. The predicted molar refractivity (Wildman–Crippen MR) is 117 cm³/mol. The van der Waals surface area contributed by atoms with Crippen LogP contribution in [0.25, 0.3) is 0 Å². The minimum Gasteiger partial charge on any atom is -0.410 e. The predicted octanol–water partition coefficient (Wildman–Crippen LogP) is 4.01. The molecule has 3 heterocycles. The number of rotatable bonds is 4. The number of ether oxygens (including phenoxy) is 1. The van der Waals surface area contributed by atoms with Gasteiger partial charge in [-0.25, -0.2) is 9.78 Å². The Labute approximate surface area is 177 Å². The molecule has 1 fully saturated rings. The van der Waals surface area contributed by atoms with Crippen LogP contribution in [0.15, 0.2) is 60.9 Å². The maximum absolute atomic E-state index is 12.5. The molecule has 0 atom stereocenters. The number of piperazine rings is 1. The first-order valence-corrected chi connectivity index (χ1v) is 10.2. The third-order valence-corrected chi connectivity index (χ3v) is 5.24. The first kappa shape index (κ1) is 19.9. The summed E-state index contributed by atoms with van der Waals surface area (Å²) >= 11 is 0. The summed E-state index contributed by atoms with van der Waals surface area (Å²) in [4.78, 5) is 25.3. The van der Waals surface area contributed by atoms with E-state index in [9.17, 15) is 4.79 Å². The van der Waals surface area contributed by atoms with Gasteiger partial charge in [-0.1, -0.05) is 18.2 Å². The number of aryl methyl sites for hydroxylation is 2. The fourth-order valence-corrected chi connectivity index (χ4v) is 3.51. The summed E-state index contributed by atoms with van der Waals surface area (Å²) in [6.07, 6.45) is 4.15. The van der Waals surface area contributed by atoms with Crippen molar-refractivity contribution in [1.82, 2.24) is 14.9 Å². The first-order chi connectivity index (χ1) is 14.6. The fraction of sp³-hybridized carbons (Fsp3) is 0.292. The molecule has 1 aliphatic rings. The third kappa shape index (κ3) is 4.95. The van der Waals surface area contributed by atoms with Crippen LogP contribution in [-0.4, -0.2) is 47.1 Å². The number of nitrogens with zero attached hydrogens (tertiary/aromatic N) is 4. The maximum Gasteiger partial charge on any atom is 0.415 e. The molecule has 0 spiro atoms. The maximum atomic E-state index is 12.5. The molecule has 154 valence electrons. The zero-order valence-electron chi connectivity index (χ0n) is 17.4. The second-order valence-electron chi connectivity index (χ2n) is 7.68. The van der Waals surface area contributed by atoms with Gasteiger partial charge < -0.3 is 14.5 Å². The Balaban J connectivity index is 1.29. The van der Waals surface area contributed by atoms with Crippen molar-refractivity contribution >= 4 is 11.9 Å². The zero-order chi connectivity index (χ0) is 20.9. The van der Waals surface area contributed by atoms with Crippen LogP contribution in [0.5, 0.6) is 5.75 Å². The number of aromatic nitrogens is 2. The molecule has 4 rings (SSSR count). The van der Waals surface area contributed by atoms with E-state index in [1.807, 2.05) is 55.7 Å². The van der Waals surface area contributed by atoms with E-state index in [0.29, 0.717) is 18.8 Å². The molecule has 0 radical (unpaired) electrons. The standard InChI is InChI=1S/C24H26N4O2/c1-18-9-10-25-21(15-18)16-20-4-6-22(7-5-20)30-24(29)28-13-11-27(12-14-28)23-8-3-19(2)17-26-23/h3-10,15,17H,11-14,16H2,1-2H3. The molecule has 1 saturated heterocycles. The lowest BCUT2D eigenvalue weighted by Crippen LogP contribution is -2.49. The summed E-state index contributed by atoms with van der Waals surface area (Å²) in [6, 6.07) is 15.8. The molecule has 0 aliphatic carbocycles. The normalized spacial score (nSPS) is 13.9. The second kappa shape index (κ2) is 8.95. The molecule has 0 unspecified atom stereocenters. The Bertz CT molecular complexity index is 994. The van der Waals surface area contributed by atoms with Gasteiger partial charge in [0.25, 0.3) is 0 Å². The number of hydrogen-bond donors (Lipinski definition) is 0. The van der Waals surface area contributed by atoms with Crippen LogP contribution in [0, 0.1) is 13.8 Å². The number of pyridine rings is 2. The van der Waals surface area contributed by atoms with Crippen molar-refractivity contribution in [2.24, 2.45) is 0 Å². The van der Waals surface area contributed by atoms with Gasteiger partial charge in [0.2, 0.25) is 0 Å². The number of anilines is 1. The number of hydrogen-bond acceptors (Lipinski definition) is 5. The van der Waals surface area contributed by atoms with Crippen molar-refractivity contribution in [2.75, 3.05) is 31.1 Å². The molecule has 0 bridgehead atoms. The summed E-state index contributed by atoms with van der Waals surface area (Å²) in [5.74, 6) is 1.51. The van der Waals surface area contributed by atoms with Crippen LogP contribution in [-0.2, 0) is 6.42 Å². The number of carbonyl (C=O) groups is 1. The van der Waals surface area contributed by atoms with Gasteiger partial charge in [-0.15, -0.1) is 0 Å². The summed E-state index contributed by atoms with van der Waals surface area (Å²) in [5, 5.41) is 0. The Morgan fingerprint density at radius 2 is 1.70 bits per heavy atom. The average Bonchev–Trinajstić information content (AvgIpc) is 2.76. The summed E-state index contributed by atoms with van der Waals surface area (Å²) in [5.41, 5.74) is 4.50. The Hall–Kier alpha value is -3.41. The molecule has 1 amide bonds. The van der Waals surface area contributed by atoms with E-state index < -0.39 is 0 Å². The van der Waals surface area contributed by atoms with Gasteiger partial charge in [0, 0.05) is 50.7 Å². The van der Waals surface area contributed by atoms with Crippen molar-refractivity contribution < 1.29 is 9.53 Å². The molecule has 3 aromatic rings. The van der Waals surface area contributed by atoms with Gasteiger partial charge in [0.15, 0.2) is 0 Å². The average molecular weight is 402 g/mol. The smallest absolute Gasteiger partial charge is 0.410 e. The molecule has 2 aromatic heterocycles. The van der Waals surface area contributed by atoms with Crippen molar-refractivity contribution in [3.63, 3.8) is 0 Å². The molecular weight excluding hydrogens is 376 g/mol. The molecule has 0 N–H and O–H groups in total. The van der Waals surface area contributed by atoms with Crippen molar-refractivity contribution in [2.45, 2.75) is 20.3 Å². The van der Waals surface area contributed by atoms with Gasteiger partial charge in [0.05, 0.1) is 0 Å². The van der Waals surface area contributed by atoms with E-state index in [-0.39, 0.29) is 6.09 Å². The van der Waals surface area contributed by atoms with Crippen LogP contribution < -0.4 is 9.64 Å². The van der Waals surface area contributed by atoms with Crippen LogP contribution in [0.2, 0.25) is 0 Å². The number of benzene rings is 1. The highest BCUT2D eigenvalue weighted by Gasteiger charge is 2.23. The molecule has 0 saturated carbocycles. The van der Waals surface area contributed by atoms with Crippen LogP contribution >= 0.6 is 0 Å². The third-order valence-electron chi connectivity index (χ3n) is 5.24.